The molecule has 0 aliphatic heterocycles. The van der Waals surface area contributed by atoms with Gasteiger partial charge in [-0.3, -0.25) is 0 Å². The van der Waals surface area contributed by atoms with E-state index in [1.54, 1.807) is 0 Å². The molecule has 4 aromatic rings. The average Bonchev–Trinajstić information content (AvgIpc) is 3.17. The van der Waals surface area contributed by atoms with E-state index in [0.29, 0.717) is 13.2 Å². The van der Waals surface area contributed by atoms with Gasteiger partial charge in [-0.2, -0.15) is 0 Å². The van der Waals surface area contributed by atoms with Crippen molar-refractivity contribution in [3.8, 4) is 22.6 Å². The molecule has 0 atom stereocenters. The predicted octanol–water partition coefficient (Wildman–Crippen LogP) is 6.79. The zero-order chi connectivity index (χ0) is 24.4. The Morgan fingerprint density at radius 1 is 0.571 bits per heavy atom. The van der Waals surface area contributed by atoms with Crippen molar-refractivity contribution in [1.29, 1.82) is 0 Å². The Kier molecular flexibility index (Phi) is 6.12. The van der Waals surface area contributed by atoms with Crippen molar-refractivity contribution < 1.29 is 9.47 Å². The average molecular weight is 465 g/mol. The summed E-state index contributed by atoms with van der Waals surface area (Å²) < 4.78 is 12.2. The molecule has 4 aromatic carbocycles. The topological polar surface area (TPSA) is 70.5 Å². The van der Waals surface area contributed by atoms with E-state index < -0.39 is 5.41 Å². The number of nitrogens with two attached hydrogens (primary N) is 2. The number of hydrogen-bond donors (Lipinski definition) is 2. The molecule has 0 saturated carbocycles. The van der Waals surface area contributed by atoms with Gasteiger partial charge in [0.2, 0.25) is 0 Å². The van der Waals surface area contributed by atoms with Crippen molar-refractivity contribution in [2.75, 3.05) is 24.7 Å². The normalized spacial score (nSPS) is 13.2. The Labute approximate surface area is 207 Å². The van der Waals surface area contributed by atoms with Crippen LogP contribution in [0.15, 0.2) is 84.9 Å². The minimum Gasteiger partial charge on any atom is -0.494 e. The third-order valence-electron chi connectivity index (χ3n) is 6.71. The number of nitrogen functional groups attached to an aromatic ring is 2. The van der Waals surface area contributed by atoms with Gasteiger partial charge in [-0.25, -0.2) is 0 Å². The van der Waals surface area contributed by atoms with Crippen LogP contribution < -0.4 is 20.9 Å². The molecule has 0 saturated heterocycles. The summed E-state index contributed by atoms with van der Waals surface area (Å²) in [4.78, 5) is 0. The molecular formula is C31H32N2O2. The van der Waals surface area contributed by atoms with E-state index in [1.165, 1.54) is 22.3 Å². The summed E-state index contributed by atoms with van der Waals surface area (Å²) in [6.45, 7) is 5.59. The van der Waals surface area contributed by atoms with Gasteiger partial charge >= 0.3 is 0 Å². The highest BCUT2D eigenvalue weighted by atomic mass is 16.5. The fraction of sp³-hybridized carbons (Fsp3) is 0.226. The largest absolute Gasteiger partial charge is 0.494 e. The minimum atomic E-state index is -0.566. The highest BCUT2D eigenvalue weighted by molar-refractivity contribution is 5.87. The Bertz CT molecular complexity index is 1220. The van der Waals surface area contributed by atoms with Gasteiger partial charge in [-0.15, -0.1) is 0 Å². The molecule has 0 radical (unpaired) electrons. The van der Waals surface area contributed by atoms with E-state index in [2.05, 4.69) is 74.5 Å². The second kappa shape index (κ2) is 9.38. The highest BCUT2D eigenvalue weighted by Crippen LogP contribution is 2.57. The summed E-state index contributed by atoms with van der Waals surface area (Å²) >= 11 is 0. The molecule has 0 bridgehead atoms. The summed E-state index contributed by atoms with van der Waals surface area (Å²) in [5, 5.41) is 0. The van der Waals surface area contributed by atoms with Crippen LogP contribution >= 0.6 is 0 Å². The Hall–Kier alpha value is -3.92. The predicted molar refractivity (Wildman–Crippen MR) is 144 cm³/mol. The van der Waals surface area contributed by atoms with Crippen LogP contribution in [0.1, 0.15) is 48.9 Å². The van der Waals surface area contributed by atoms with Crippen molar-refractivity contribution in [3.63, 3.8) is 0 Å². The van der Waals surface area contributed by atoms with Crippen LogP contribution in [-0.4, -0.2) is 13.2 Å². The van der Waals surface area contributed by atoms with Gasteiger partial charge in [0, 0.05) is 11.4 Å². The first kappa shape index (κ1) is 22.9. The molecule has 0 heterocycles. The first-order chi connectivity index (χ1) is 17.1. The van der Waals surface area contributed by atoms with Gasteiger partial charge in [0.1, 0.15) is 11.5 Å². The molecule has 0 amide bonds. The summed E-state index contributed by atoms with van der Waals surface area (Å²) in [6, 6.07) is 29.3. The summed E-state index contributed by atoms with van der Waals surface area (Å²) in [5.74, 6) is 1.74. The Balaban J connectivity index is 1.84. The lowest BCUT2D eigenvalue weighted by Crippen LogP contribution is -2.28. The molecule has 0 aromatic heterocycles. The van der Waals surface area contributed by atoms with Crippen molar-refractivity contribution in [1.82, 2.24) is 0 Å². The number of benzene rings is 4. The number of fused-ring (bicyclic) bond motifs is 3. The third kappa shape index (κ3) is 3.89. The number of rotatable bonds is 8. The number of hydrogen-bond acceptors (Lipinski definition) is 4. The summed E-state index contributed by atoms with van der Waals surface area (Å²) in [6.07, 6.45) is 1.91. The zero-order valence-corrected chi connectivity index (χ0v) is 20.4. The quantitative estimate of drug-likeness (QED) is 0.248. The second-order valence-corrected chi connectivity index (χ2v) is 9.11. The zero-order valence-electron chi connectivity index (χ0n) is 20.4. The van der Waals surface area contributed by atoms with Crippen LogP contribution in [-0.2, 0) is 5.41 Å². The van der Waals surface area contributed by atoms with Crippen LogP contribution in [0.5, 0.6) is 11.5 Å². The Morgan fingerprint density at radius 3 is 1.34 bits per heavy atom. The first-order valence-corrected chi connectivity index (χ1v) is 12.3. The molecule has 0 unspecified atom stereocenters. The van der Waals surface area contributed by atoms with Crippen molar-refractivity contribution in [2.45, 2.75) is 32.1 Å². The number of anilines is 2. The molecule has 5 rings (SSSR count). The first-order valence-electron chi connectivity index (χ1n) is 12.3. The molecule has 178 valence electrons. The molecule has 4 heteroatoms. The SMILES string of the molecule is CCCOc1ccc2c(c1)C(c1ccc(N)cc1)(c1ccc(N)cc1)c1cc(OCCC)ccc1-2. The van der Waals surface area contributed by atoms with E-state index in [0.717, 1.165) is 46.8 Å². The van der Waals surface area contributed by atoms with E-state index >= 15 is 0 Å². The summed E-state index contributed by atoms with van der Waals surface area (Å²) in [7, 11) is 0. The van der Waals surface area contributed by atoms with Crippen LogP contribution in [0.25, 0.3) is 11.1 Å². The van der Waals surface area contributed by atoms with E-state index in [4.69, 9.17) is 20.9 Å². The van der Waals surface area contributed by atoms with Gasteiger partial charge in [0.15, 0.2) is 0 Å². The maximum atomic E-state index is 6.12. The van der Waals surface area contributed by atoms with Gasteiger partial charge in [0.25, 0.3) is 0 Å². The molecule has 35 heavy (non-hydrogen) atoms. The van der Waals surface area contributed by atoms with Crippen molar-refractivity contribution >= 4 is 11.4 Å². The van der Waals surface area contributed by atoms with Gasteiger partial charge in [-0.05, 0) is 94.8 Å². The smallest absolute Gasteiger partial charge is 0.119 e. The van der Waals surface area contributed by atoms with Gasteiger partial charge < -0.3 is 20.9 Å². The third-order valence-corrected chi connectivity index (χ3v) is 6.71. The molecule has 1 aliphatic rings. The highest BCUT2D eigenvalue weighted by Gasteiger charge is 2.46. The van der Waals surface area contributed by atoms with Crippen LogP contribution in [0, 0.1) is 0 Å². The molecule has 0 spiro atoms. The lowest BCUT2D eigenvalue weighted by molar-refractivity contribution is 0.316. The fourth-order valence-corrected chi connectivity index (χ4v) is 5.16. The number of ether oxygens (including phenoxy) is 2. The lowest BCUT2D eigenvalue weighted by atomic mass is 9.67. The fourth-order valence-electron chi connectivity index (χ4n) is 5.16. The van der Waals surface area contributed by atoms with Crippen LogP contribution in [0.2, 0.25) is 0 Å². The molecule has 4 nitrogen and oxygen atoms in total. The monoisotopic (exact) mass is 464 g/mol. The van der Waals surface area contributed by atoms with Crippen molar-refractivity contribution in [2.24, 2.45) is 0 Å². The summed E-state index contributed by atoms with van der Waals surface area (Å²) in [5.41, 5.74) is 20.2. The standard InChI is InChI=1S/C31H32N2O2/c1-3-17-34-25-13-15-27-28-16-14-26(35-18-4-2)20-30(28)31(29(27)19-25,21-5-9-23(32)10-6-21)22-7-11-24(33)12-8-22/h5-16,19-20H,3-4,17-18,32-33H2,1-2H3. The van der Waals surface area contributed by atoms with E-state index in [-0.39, 0.29) is 0 Å². The molecule has 1 aliphatic carbocycles. The van der Waals surface area contributed by atoms with Crippen molar-refractivity contribution in [3.05, 3.63) is 107 Å². The van der Waals surface area contributed by atoms with Gasteiger partial charge in [0.05, 0.1) is 18.6 Å². The lowest BCUT2D eigenvalue weighted by Gasteiger charge is -2.34. The Morgan fingerprint density at radius 2 is 0.971 bits per heavy atom. The second-order valence-electron chi connectivity index (χ2n) is 9.11. The molecular weight excluding hydrogens is 432 g/mol. The van der Waals surface area contributed by atoms with E-state index in [9.17, 15) is 0 Å². The van der Waals surface area contributed by atoms with E-state index in [1.807, 2.05) is 24.3 Å². The molecule has 4 N–H and O–H groups in total. The minimum absolute atomic E-state index is 0.566. The molecule has 0 fully saturated rings. The van der Waals surface area contributed by atoms with Crippen LogP contribution in [0.4, 0.5) is 11.4 Å². The maximum absolute atomic E-state index is 6.12. The maximum Gasteiger partial charge on any atom is 0.119 e. The van der Waals surface area contributed by atoms with Gasteiger partial charge in [-0.1, -0.05) is 50.2 Å². The van der Waals surface area contributed by atoms with Crippen LogP contribution in [0.3, 0.4) is 0 Å².